The fourth-order valence-corrected chi connectivity index (χ4v) is 4.20. The van der Waals surface area contributed by atoms with Gasteiger partial charge in [-0.3, -0.25) is 9.59 Å². The highest BCUT2D eigenvalue weighted by atomic mass is 32.1. The van der Waals surface area contributed by atoms with E-state index >= 15 is 0 Å². The highest BCUT2D eigenvalue weighted by Crippen LogP contribution is 2.28. The molecule has 3 rings (SSSR count). The number of carboxylic acids is 1. The molecular formula is C22H24N2O8S. The van der Waals surface area contributed by atoms with E-state index in [2.05, 4.69) is 10.6 Å². The van der Waals surface area contributed by atoms with Gasteiger partial charge in [0.1, 0.15) is 0 Å². The van der Waals surface area contributed by atoms with Crippen LogP contribution in [-0.4, -0.2) is 61.1 Å². The van der Waals surface area contributed by atoms with Crippen LogP contribution in [0, 0.1) is 0 Å². The summed E-state index contributed by atoms with van der Waals surface area (Å²) in [5, 5.41) is 15.2. The first-order chi connectivity index (χ1) is 15.9. The number of fused-ring (bicyclic) bond motifs is 1. The minimum atomic E-state index is -1.88. The van der Waals surface area contributed by atoms with E-state index in [1.807, 2.05) is 0 Å². The molecule has 0 fully saturated rings. The lowest BCUT2D eigenvalue weighted by Crippen LogP contribution is -2.42. The Hall–Kier alpha value is -3.44. The average molecular weight is 477 g/mol. The molecule has 0 saturated carbocycles. The first kappa shape index (κ1) is 24.2. The second kappa shape index (κ2) is 11.4. The summed E-state index contributed by atoms with van der Waals surface area (Å²) < 4.78 is 15.5. The largest absolute Gasteiger partial charge is 0.478 e. The van der Waals surface area contributed by atoms with Crippen molar-refractivity contribution >= 4 is 35.0 Å². The molecule has 2 aromatic rings. The van der Waals surface area contributed by atoms with Gasteiger partial charge in [-0.15, -0.1) is 11.3 Å². The number of para-hydroxylation sites is 2. The zero-order chi connectivity index (χ0) is 23.8. The van der Waals surface area contributed by atoms with Crippen LogP contribution in [0.1, 0.15) is 27.0 Å². The molecule has 1 amide bonds. The zero-order valence-electron chi connectivity index (χ0n) is 17.9. The van der Waals surface area contributed by atoms with Crippen LogP contribution in [0.15, 0.2) is 30.3 Å². The number of nitrogens with one attached hydrogen (secondary N) is 2. The van der Waals surface area contributed by atoms with E-state index in [1.54, 1.807) is 25.1 Å². The maximum Gasteiger partial charge on any atom is 0.352 e. The van der Waals surface area contributed by atoms with E-state index < -0.39 is 42.9 Å². The third-order valence-electron chi connectivity index (χ3n) is 4.65. The van der Waals surface area contributed by atoms with Gasteiger partial charge in [0.2, 0.25) is 5.78 Å². The summed E-state index contributed by atoms with van der Waals surface area (Å²) in [6.07, 6.45) is -1.04. The van der Waals surface area contributed by atoms with Crippen molar-refractivity contribution in [1.82, 2.24) is 10.6 Å². The minimum absolute atomic E-state index is 0.0349. The van der Waals surface area contributed by atoms with Crippen molar-refractivity contribution in [3.63, 3.8) is 0 Å². The standard InChI is InChI=1S/C22H24N2O8S/c1-2-30-19(26)12-31-15-5-3-4-6-16(15)32-20(22(28)29)14(25)11-24-21(27)18-9-13-10-23-8-7-17(13)33-18/h3-6,9,20,23H,2,7-8,10-12H2,1H3,(H,24,27)(H,28,29). The highest BCUT2D eigenvalue weighted by Gasteiger charge is 2.30. The number of benzene rings is 1. The Morgan fingerprint density at radius 2 is 1.97 bits per heavy atom. The smallest absolute Gasteiger partial charge is 0.352 e. The summed E-state index contributed by atoms with van der Waals surface area (Å²) in [7, 11) is 0. The number of rotatable bonds is 11. The lowest BCUT2D eigenvalue weighted by molar-refractivity contribution is -0.150. The number of ether oxygens (including phenoxy) is 3. The number of carbonyl (C=O) groups excluding carboxylic acids is 3. The lowest BCUT2D eigenvalue weighted by atomic mass is 10.1. The molecule has 1 aliphatic heterocycles. The zero-order valence-corrected chi connectivity index (χ0v) is 18.7. The molecule has 0 saturated heterocycles. The molecule has 0 bridgehead atoms. The van der Waals surface area contributed by atoms with Gasteiger partial charge in [-0.05, 0) is 37.1 Å². The Morgan fingerprint density at radius 3 is 2.67 bits per heavy atom. The Labute approximate surface area is 193 Å². The fraction of sp³-hybridized carbons (Fsp3) is 0.364. The van der Waals surface area contributed by atoms with E-state index in [4.69, 9.17) is 14.2 Å². The van der Waals surface area contributed by atoms with Crippen LogP contribution in [0.25, 0.3) is 0 Å². The Kier molecular flexibility index (Phi) is 8.39. The summed E-state index contributed by atoms with van der Waals surface area (Å²) in [5.41, 5.74) is 1.05. The van der Waals surface area contributed by atoms with E-state index in [-0.39, 0.29) is 18.1 Å². The monoisotopic (exact) mass is 476 g/mol. The van der Waals surface area contributed by atoms with Crippen molar-refractivity contribution in [3.8, 4) is 11.5 Å². The van der Waals surface area contributed by atoms with Crippen molar-refractivity contribution in [2.75, 3.05) is 26.3 Å². The van der Waals surface area contributed by atoms with Crippen molar-refractivity contribution < 1.29 is 38.5 Å². The third kappa shape index (κ3) is 6.53. The van der Waals surface area contributed by atoms with Crippen molar-refractivity contribution in [1.29, 1.82) is 0 Å². The Morgan fingerprint density at radius 1 is 1.21 bits per heavy atom. The number of hydrogen-bond donors (Lipinski definition) is 3. The van der Waals surface area contributed by atoms with Crippen LogP contribution < -0.4 is 20.1 Å². The van der Waals surface area contributed by atoms with Crippen LogP contribution >= 0.6 is 11.3 Å². The van der Waals surface area contributed by atoms with Gasteiger partial charge in [0.15, 0.2) is 18.1 Å². The predicted molar refractivity (Wildman–Crippen MR) is 118 cm³/mol. The third-order valence-corrected chi connectivity index (χ3v) is 5.89. The molecule has 3 N–H and O–H groups in total. The van der Waals surface area contributed by atoms with Crippen molar-refractivity contribution in [2.24, 2.45) is 0 Å². The Bertz CT molecular complexity index is 1010. The van der Waals surface area contributed by atoms with Gasteiger partial charge < -0.3 is 30.0 Å². The first-order valence-electron chi connectivity index (χ1n) is 10.3. The van der Waals surface area contributed by atoms with Gasteiger partial charge in [0, 0.05) is 18.0 Å². The first-order valence-corrected chi connectivity index (χ1v) is 11.1. The summed E-state index contributed by atoms with van der Waals surface area (Å²) in [5.74, 6) is -3.39. The summed E-state index contributed by atoms with van der Waals surface area (Å²) >= 11 is 1.36. The number of aliphatic carboxylic acids is 1. The molecule has 33 heavy (non-hydrogen) atoms. The number of amides is 1. The molecule has 0 radical (unpaired) electrons. The number of hydrogen-bond acceptors (Lipinski definition) is 9. The van der Waals surface area contributed by atoms with E-state index in [0.29, 0.717) is 11.4 Å². The molecule has 1 unspecified atom stereocenters. The van der Waals surface area contributed by atoms with Gasteiger partial charge in [-0.1, -0.05) is 12.1 Å². The SMILES string of the molecule is CCOC(=O)COc1ccccc1OC(C(=O)O)C(=O)CNC(=O)c1cc2c(s1)CCNC2. The molecule has 1 aromatic heterocycles. The summed E-state index contributed by atoms with van der Waals surface area (Å²) in [6, 6.07) is 7.81. The molecule has 0 spiro atoms. The van der Waals surface area contributed by atoms with Crippen molar-refractivity contribution in [2.45, 2.75) is 26.0 Å². The van der Waals surface area contributed by atoms with Crippen LogP contribution in [0.3, 0.4) is 0 Å². The van der Waals surface area contributed by atoms with E-state index in [9.17, 15) is 24.3 Å². The van der Waals surface area contributed by atoms with E-state index in [1.165, 1.54) is 23.5 Å². The number of Topliss-reactive ketones (excluding diaryl/α,β-unsaturated/α-hetero) is 1. The molecule has 1 atom stereocenters. The average Bonchev–Trinajstić information content (AvgIpc) is 3.24. The van der Waals surface area contributed by atoms with Crippen molar-refractivity contribution in [3.05, 3.63) is 45.6 Å². The normalized spacial score (nSPS) is 13.4. The lowest BCUT2D eigenvalue weighted by Gasteiger charge is -2.17. The number of carboxylic acid groups (broad SMARTS) is 1. The maximum atomic E-state index is 12.5. The molecule has 176 valence electrons. The number of ketones is 1. The van der Waals surface area contributed by atoms with E-state index in [0.717, 1.165) is 23.4 Å². The molecule has 2 heterocycles. The van der Waals surface area contributed by atoms with Crippen LogP contribution in [-0.2, 0) is 32.1 Å². The maximum absolute atomic E-state index is 12.5. The number of thiophene rings is 1. The van der Waals surface area contributed by atoms with Gasteiger partial charge in [0.05, 0.1) is 18.0 Å². The highest BCUT2D eigenvalue weighted by molar-refractivity contribution is 7.14. The predicted octanol–water partition coefficient (Wildman–Crippen LogP) is 1.17. The number of esters is 1. The second-order valence-corrected chi connectivity index (χ2v) is 8.15. The molecule has 1 aromatic carbocycles. The van der Waals surface area contributed by atoms with Gasteiger partial charge >= 0.3 is 11.9 Å². The van der Waals surface area contributed by atoms with Gasteiger partial charge in [0.25, 0.3) is 12.0 Å². The Balaban J connectivity index is 1.61. The summed E-state index contributed by atoms with van der Waals surface area (Å²) in [6.45, 7) is 2.44. The topological polar surface area (TPSA) is 140 Å². The molecule has 11 heteroatoms. The van der Waals surface area contributed by atoms with Crippen LogP contribution in [0.2, 0.25) is 0 Å². The quantitative estimate of drug-likeness (QED) is 0.322. The molecule has 10 nitrogen and oxygen atoms in total. The van der Waals surface area contributed by atoms with Gasteiger partial charge in [-0.25, -0.2) is 9.59 Å². The van der Waals surface area contributed by atoms with Crippen LogP contribution in [0.5, 0.6) is 11.5 Å². The van der Waals surface area contributed by atoms with Gasteiger partial charge in [-0.2, -0.15) is 0 Å². The fourth-order valence-electron chi connectivity index (χ4n) is 3.10. The molecule has 0 aliphatic carbocycles. The molecule has 1 aliphatic rings. The van der Waals surface area contributed by atoms with Crippen LogP contribution in [0.4, 0.5) is 0 Å². The molecular weight excluding hydrogens is 452 g/mol. The summed E-state index contributed by atoms with van der Waals surface area (Å²) in [4.78, 5) is 49.8. The second-order valence-electron chi connectivity index (χ2n) is 7.01. The minimum Gasteiger partial charge on any atom is -0.478 e. The number of carbonyl (C=O) groups is 4.